The second-order valence-electron chi connectivity index (χ2n) is 12.1. The summed E-state index contributed by atoms with van der Waals surface area (Å²) in [6.07, 6.45) is -2.68. The van der Waals surface area contributed by atoms with Crippen molar-refractivity contribution in [2.45, 2.75) is 57.1 Å². The molecule has 17 heteroatoms. The van der Waals surface area contributed by atoms with E-state index in [1.54, 1.807) is 19.2 Å². The van der Waals surface area contributed by atoms with Crippen LogP contribution in [0.25, 0.3) is 0 Å². The van der Waals surface area contributed by atoms with Crippen LogP contribution in [-0.2, 0) is 24.4 Å². The van der Waals surface area contributed by atoms with E-state index in [0.29, 0.717) is 62.6 Å². The number of hydroxylamine groups is 1. The first-order valence-electron chi connectivity index (χ1n) is 15.1. The summed E-state index contributed by atoms with van der Waals surface area (Å²) in [6.45, 7) is 8.83. The van der Waals surface area contributed by atoms with Crippen LogP contribution in [0, 0.1) is 6.92 Å². The molecule has 4 rings (SSSR count). The van der Waals surface area contributed by atoms with Gasteiger partial charge in [0.25, 0.3) is 10.0 Å². The zero-order chi connectivity index (χ0) is 35.3. The summed E-state index contributed by atoms with van der Waals surface area (Å²) >= 11 is 0. The van der Waals surface area contributed by atoms with Crippen LogP contribution in [0.5, 0.6) is 0 Å². The number of nitrogens with one attached hydrogen (secondary N) is 2. The maximum Gasteiger partial charge on any atom is 0.492 e. The van der Waals surface area contributed by atoms with Crippen LogP contribution >= 0.6 is 0 Å². The number of hydrogen-bond acceptors (Lipinski definition) is 11. The molecule has 4 N–H and O–H groups in total. The van der Waals surface area contributed by atoms with Crippen molar-refractivity contribution in [1.29, 1.82) is 0 Å². The Balaban J connectivity index is 1.44. The molecule has 1 amide bonds. The zero-order valence-electron chi connectivity index (χ0n) is 27.0. The molecule has 0 radical (unpaired) electrons. The summed E-state index contributed by atoms with van der Waals surface area (Å²) in [4.78, 5) is 40.7. The molecule has 0 spiro atoms. The minimum absolute atomic E-state index is 0.0455. The van der Waals surface area contributed by atoms with Crippen molar-refractivity contribution in [1.82, 2.24) is 19.3 Å². The van der Waals surface area contributed by atoms with Crippen LogP contribution in [-0.4, -0.2) is 84.1 Å². The second-order valence-corrected chi connectivity index (χ2v) is 13.8. The zero-order valence-corrected chi connectivity index (χ0v) is 27.9. The van der Waals surface area contributed by atoms with Crippen LogP contribution in [0.1, 0.15) is 39.2 Å². The number of carbonyl (C=O) groups excluding carboxylic acids is 2. The lowest BCUT2D eigenvalue weighted by atomic mass is 10.1. The smallest absolute Gasteiger partial charge is 0.368 e. The van der Waals surface area contributed by atoms with Crippen molar-refractivity contribution in [3.63, 3.8) is 0 Å². The molecule has 1 saturated heterocycles. The van der Waals surface area contributed by atoms with Crippen LogP contribution in [0.2, 0.25) is 0 Å². The molecule has 0 unspecified atom stereocenters. The van der Waals surface area contributed by atoms with Crippen LogP contribution < -0.4 is 21.3 Å². The molecule has 2 aromatic carbocycles. The number of aryl methyl sites for hydroxylation is 1. The lowest BCUT2D eigenvalue weighted by Crippen LogP contribution is -2.48. The first-order valence-corrected chi connectivity index (χ1v) is 16.6. The highest BCUT2D eigenvalue weighted by Crippen LogP contribution is 2.30. The van der Waals surface area contributed by atoms with Gasteiger partial charge in [-0.1, -0.05) is 6.07 Å². The summed E-state index contributed by atoms with van der Waals surface area (Å²) in [6, 6.07) is 13.0. The maximum absolute atomic E-state index is 13.4. The first-order chi connectivity index (χ1) is 22.5. The lowest BCUT2D eigenvalue weighted by Gasteiger charge is -2.36. The fourth-order valence-corrected chi connectivity index (χ4v) is 6.38. The van der Waals surface area contributed by atoms with Crippen LogP contribution in [0.4, 0.5) is 42.0 Å². The number of sulfonamides is 1. The minimum atomic E-state index is -5.40. The van der Waals surface area contributed by atoms with Gasteiger partial charge in [-0.15, -0.1) is 0 Å². The van der Waals surface area contributed by atoms with Crippen LogP contribution in [0.15, 0.2) is 59.6 Å². The third-order valence-electron chi connectivity index (χ3n) is 7.25. The van der Waals surface area contributed by atoms with Crippen molar-refractivity contribution >= 4 is 50.7 Å². The molecule has 1 aromatic heterocycles. The quantitative estimate of drug-likeness (QED) is 0.243. The summed E-state index contributed by atoms with van der Waals surface area (Å²) in [7, 11) is -4.73. The molecule has 48 heavy (non-hydrogen) atoms. The van der Waals surface area contributed by atoms with Gasteiger partial charge in [-0.25, -0.2) is 18.2 Å². The molecule has 1 fully saturated rings. The number of anilines is 5. The van der Waals surface area contributed by atoms with Crippen molar-refractivity contribution in [3.05, 3.63) is 60.3 Å². The molecule has 0 bridgehead atoms. The third kappa shape index (κ3) is 9.11. The minimum Gasteiger partial charge on any atom is -0.368 e. The molecule has 0 aliphatic carbocycles. The van der Waals surface area contributed by atoms with E-state index in [9.17, 15) is 31.2 Å². The topological polar surface area (TPSA) is 163 Å². The standard InChI is InChI=1S/C31H39F3N8O5S/c1-21-20-36-29(38-22-10-12-24(13-11-22)40-15-17-41(18-16-40)26(43)9-6-14-35)39-27(21)37-23-7-5-8-25(19-23)48(45,46)42(30(2,3)4)47-28(44)31(32,33)34/h5,7-8,10-13,19-20H,6,9,14-18,35H2,1-4H3,(H2,36,37,38,39). The van der Waals surface area contributed by atoms with Gasteiger partial charge in [0.05, 0.1) is 10.4 Å². The average Bonchev–Trinajstić information content (AvgIpc) is 3.03. The molecule has 260 valence electrons. The Hall–Kier alpha value is -4.48. The molecular weight excluding hydrogens is 653 g/mol. The van der Waals surface area contributed by atoms with Gasteiger partial charge < -0.3 is 31.0 Å². The maximum atomic E-state index is 13.4. The fraction of sp³-hybridized carbons (Fsp3) is 0.419. The molecular formula is C31H39F3N8O5S. The molecule has 1 aliphatic rings. The van der Waals surface area contributed by atoms with E-state index >= 15 is 0 Å². The average molecular weight is 693 g/mol. The van der Waals surface area contributed by atoms with Gasteiger partial charge in [0.15, 0.2) is 0 Å². The van der Waals surface area contributed by atoms with Gasteiger partial charge in [-0.3, -0.25) is 4.79 Å². The van der Waals surface area contributed by atoms with Gasteiger partial charge >= 0.3 is 12.1 Å². The Morgan fingerprint density at radius 1 is 1.00 bits per heavy atom. The number of alkyl halides is 3. The first kappa shape index (κ1) is 36.4. The number of aromatic nitrogens is 2. The fourth-order valence-electron chi connectivity index (χ4n) is 4.78. The number of hydrogen-bond donors (Lipinski definition) is 3. The highest BCUT2D eigenvalue weighted by molar-refractivity contribution is 7.89. The normalized spacial score (nSPS) is 14.2. The number of nitrogens with two attached hydrogens (primary N) is 1. The van der Waals surface area contributed by atoms with E-state index in [-0.39, 0.29) is 22.0 Å². The predicted octanol–water partition coefficient (Wildman–Crippen LogP) is 4.47. The third-order valence-corrected chi connectivity index (χ3v) is 9.15. The van der Waals surface area contributed by atoms with Gasteiger partial charge in [0.2, 0.25) is 11.9 Å². The Bertz CT molecular complexity index is 1710. The largest absolute Gasteiger partial charge is 0.492 e. The number of rotatable bonds is 11. The molecule has 13 nitrogen and oxygen atoms in total. The Morgan fingerprint density at radius 3 is 2.27 bits per heavy atom. The van der Waals surface area contributed by atoms with Gasteiger partial charge in [0, 0.05) is 61.4 Å². The monoisotopic (exact) mass is 692 g/mol. The summed E-state index contributed by atoms with van der Waals surface area (Å²) in [5.41, 5.74) is 6.59. The van der Waals surface area contributed by atoms with Crippen molar-refractivity contribution in [2.24, 2.45) is 5.73 Å². The molecule has 0 saturated carbocycles. The highest BCUT2D eigenvalue weighted by Gasteiger charge is 2.47. The SMILES string of the molecule is Cc1cnc(Nc2ccc(N3CCN(C(=O)CCCN)CC3)cc2)nc1Nc1cccc(S(=O)(=O)N(OC(=O)C(F)(F)F)C(C)(C)C)c1. The van der Waals surface area contributed by atoms with E-state index in [4.69, 9.17) is 5.73 Å². The lowest BCUT2D eigenvalue weighted by molar-refractivity contribution is -0.231. The molecule has 2 heterocycles. The number of piperazine rings is 1. The van der Waals surface area contributed by atoms with Crippen molar-refractivity contribution in [2.75, 3.05) is 48.3 Å². The van der Waals surface area contributed by atoms with E-state index in [1.165, 1.54) is 39.0 Å². The summed E-state index contributed by atoms with van der Waals surface area (Å²) in [5.74, 6) is -1.94. The molecule has 0 atom stereocenters. The molecule has 1 aliphatic heterocycles. The number of halogens is 3. The number of nitrogens with zero attached hydrogens (tertiary/aromatic N) is 5. The number of carbonyl (C=O) groups is 2. The van der Waals surface area contributed by atoms with Crippen LogP contribution in [0.3, 0.4) is 0 Å². The van der Waals surface area contributed by atoms with E-state index in [0.717, 1.165) is 5.69 Å². The van der Waals surface area contributed by atoms with E-state index in [2.05, 4.69) is 30.3 Å². The van der Waals surface area contributed by atoms with E-state index < -0.39 is 32.6 Å². The van der Waals surface area contributed by atoms with Gasteiger partial charge in [0.1, 0.15) is 5.82 Å². The van der Waals surface area contributed by atoms with Gasteiger partial charge in [-0.2, -0.15) is 18.2 Å². The highest BCUT2D eigenvalue weighted by atomic mass is 32.2. The van der Waals surface area contributed by atoms with Gasteiger partial charge in [-0.05, 0) is 87.6 Å². The van der Waals surface area contributed by atoms with Crippen molar-refractivity contribution < 1.29 is 36.0 Å². The summed E-state index contributed by atoms with van der Waals surface area (Å²) < 4.78 is 65.5. The number of benzene rings is 2. The predicted molar refractivity (Wildman–Crippen MR) is 174 cm³/mol. The summed E-state index contributed by atoms with van der Waals surface area (Å²) in [5, 5.41) is 6.17. The second kappa shape index (κ2) is 14.7. The van der Waals surface area contributed by atoms with E-state index in [1.807, 2.05) is 29.2 Å². The number of amides is 1. The Labute approximate surface area is 277 Å². The van der Waals surface area contributed by atoms with Crippen molar-refractivity contribution in [3.8, 4) is 0 Å². The Kier molecular flexibility index (Phi) is 11.2. The molecule has 3 aromatic rings. The Morgan fingerprint density at radius 2 is 1.67 bits per heavy atom.